The fourth-order valence-electron chi connectivity index (χ4n) is 1.68. The minimum Gasteiger partial charge on any atom is -0.271 e. The van der Waals surface area contributed by atoms with Crippen molar-refractivity contribution >= 4 is 11.3 Å². The van der Waals surface area contributed by atoms with Gasteiger partial charge in [0.2, 0.25) is 0 Å². The molecule has 0 saturated carbocycles. The van der Waals surface area contributed by atoms with E-state index in [-0.39, 0.29) is 6.04 Å². The third-order valence-corrected chi connectivity index (χ3v) is 3.39. The van der Waals surface area contributed by atoms with E-state index in [2.05, 4.69) is 35.2 Å². The fraction of sp³-hybridized carbons (Fsp3) is 0.167. The summed E-state index contributed by atoms with van der Waals surface area (Å²) in [4.78, 5) is 0. The SMILES string of the molecule is Cc1cscc1C(NN)c1ccccc1. The van der Waals surface area contributed by atoms with Gasteiger partial charge in [-0.1, -0.05) is 30.3 Å². The van der Waals surface area contributed by atoms with Crippen LogP contribution in [-0.2, 0) is 0 Å². The number of hydrogen-bond acceptors (Lipinski definition) is 3. The number of hydrogen-bond donors (Lipinski definition) is 2. The normalized spacial score (nSPS) is 12.7. The van der Waals surface area contributed by atoms with Crippen LogP contribution in [0, 0.1) is 6.92 Å². The van der Waals surface area contributed by atoms with Crippen LogP contribution in [0.15, 0.2) is 41.1 Å². The molecule has 0 aliphatic carbocycles. The van der Waals surface area contributed by atoms with Crippen LogP contribution in [-0.4, -0.2) is 0 Å². The van der Waals surface area contributed by atoms with E-state index in [4.69, 9.17) is 5.84 Å². The van der Waals surface area contributed by atoms with Gasteiger partial charge in [0.05, 0.1) is 6.04 Å². The van der Waals surface area contributed by atoms with Crippen molar-refractivity contribution in [3.05, 3.63) is 57.8 Å². The minimum atomic E-state index is 0.0949. The third-order valence-electron chi connectivity index (χ3n) is 2.51. The number of nitrogens with one attached hydrogen (secondary N) is 1. The quantitative estimate of drug-likeness (QED) is 0.614. The average molecular weight is 218 g/mol. The van der Waals surface area contributed by atoms with Gasteiger partial charge in [-0.25, -0.2) is 5.43 Å². The van der Waals surface area contributed by atoms with Gasteiger partial charge in [-0.2, -0.15) is 11.3 Å². The van der Waals surface area contributed by atoms with Gasteiger partial charge >= 0.3 is 0 Å². The molecule has 78 valence electrons. The van der Waals surface area contributed by atoms with Crippen LogP contribution in [0.2, 0.25) is 0 Å². The highest BCUT2D eigenvalue weighted by molar-refractivity contribution is 7.08. The highest BCUT2D eigenvalue weighted by Gasteiger charge is 2.14. The molecule has 0 aliphatic rings. The number of nitrogens with two attached hydrogens (primary N) is 1. The largest absolute Gasteiger partial charge is 0.271 e. The second-order valence-corrected chi connectivity index (χ2v) is 4.26. The van der Waals surface area contributed by atoms with E-state index in [0.29, 0.717) is 0 Å². The van der Waals surface area contributed by atoms with Gasteiger partial charge in [-0.15, -0.1) is 0 Å². The van der Waals surface area contributed by atoms with E-state index in [1.165, 1.54) is 16.7 Å². The molecule has 3 heteroatoms. The smallest absolute Gasteiger partial charge is 0.0720 e. The lowest BCUT2D eigenvalue weighted by Crippen LogP contribution is -2.28. The van der Waals surface area contributed by atoms with Gasteiger partial charge in [-0.3, -0.25) is 5.84 Å². The second-order valence-electron chi connectivity index (χ2n) is 3.52. The summed E-state index contributed by atoms with van der Waals surface area (Å²) in [7, 11) is 0. The summed E-state index contributed by atoms with van der Waals surface area (Å²) >= 11 is 1.71. The van der Waals surface area contributed by atoms with Crippen molar-refractivity contribution in [1.29, 1.82) is 0 Å². The van der Waals surface area contributed by atoms with Crippen LogP contribution in [0.25, 0.3) is 0 Å². The number of hydrazine groups is 1. The van der Waals surface area contributed by atoms with E-state index in [1.807, 2.05) is 18.2 Å². The van der Waals surface area contributed by atoms with Gasteiger partial charge in [0.1, 0.15) is 0 Å². The molecule has 2 rings (SSSR count). The van der Waals surface area contributed by atoms with Crippen LogP contribution < -0.4 is 11.3 Å². The Labute approximate surface area is 93.7 Å². The third kappa shape index (κ3) is 2.09. The zero-order valence-corrected chi connectivity index (χ0v) is 9.42. The molecular weight excluding hydrogens is 204 g/mol. The Morgan fingerprint density at radius 2 is 1.93 bits per heavy atom. The molecule has 0 bridgehead atoms. The minimum absolute atomic E-state index is 0.0949. The molecule has 0 saturated heterocycles. The maximum atomic E-state index is 5.62. The lowest BCUT2D eigenvalue weighted by Gasteiger charge is -2.16. The summed E-state index contributed by atoms with van der Waals surface area (Å²) in [5.41, 5.74) is 6.61. The van der Waals surface area contributed by atoms with E-state index < -0.39 is 0 Å². The van der Waals surface area contributed by atoms with Gasteiger partial charge in [0, 0.05) is 0 Å². The van der Waals surface area contributed by atoms with E-state index in [0.717, 1.165) is 0 Å². The Balaban J connectivity index is 2.37. The molecule has 1 aromatic heterocycles. The molecule has 0 fully saturated rings. The van der Waals surface area contributed by atoms with Gasteiger partial charge < -0.3 is 0 Å². The standard InChI is InChI=1S/C12H14N2S/c1-9-7-15-8-11(9)12(14-13)10-5-3-2-4-6-10/h2-8,12,14H,13H2,1H3. The Kier molecular flexibility index (Phi) is 3.16. The molecule has 15 heavy (non-hydrogen) atoms. The Morgan fingerprint density at radius 1 is 1.20 bits per heavy atom. The predicted molar refractivity (Wildman–Crippen MR) is 64.7 cm³/mol. The van der Waals surface area contributed by atoms with Crippen molar-refractivity contribution in [2.24, 2.45) is 5.84 Å². The maximum absolute atomic E-state index is 5.62. The van der Waals surface area contributed by atoms with Crippen LogP contribution in [0.3, 0.4) is 0 Å². The van der Waals surface area contributed by atoms with Gasteiger partial charge in [-0.05, 0) is 34.4 Å². The van der Waals surface area contributed by atoms with Crippen molar-refractivity contribution in [3.63, 3.8) is 0 Å². The topological polar surface area (TPSA) is 38.0 Å². The van der Waals surface area contributed by atoms with Crippen LogP contribution in [0.5, 0.6) is 0 Å². The molecule has 0 radical (unpaired) electrons. The molecular formula is C12H14N2S. The second kappa shape index (κ2) is 4.57. The molecule has 0 aliphatic heterocycles. The van der Waals surface area contributed by atoms with Gasteiger partial charge in [0.15, 0.2) is 0 Å². The Hall–Kier alpha value is -1.16. The fourth-order valence-corrected chi connectivity index (χ4v) is 2.55. The molecule has 1 unspecified atom stereocenters. The summed E-state index contributed by atoms with van der Waals surface area (Å²) in [6, 6.07) is 10.3. The average Bonchev–Trinajstić information content (AvgIpc) is 2.68. The maximum Gasteiger partial charge on any atom is 0.0720 e. The number of rotatable bonds is 3. The molecule has 0 amide bonds. The van der Waals surface area contributed by atoms with Gasteiger partial charge in [0.25, 0.3) is 0 Å². The van der Waals surface area contributed by atoms with Crippen molar-refractivity contribution in [2.75, 3.05) is 0 Å². The Morgan fingerprint density at radius 3 is 2.47 bits per heavy atom. The number of thiophene rings is 1. The predicted octanol–water partition coefficient (Wildman–Crippen LogP) is 2.61. The summed E-state index contributed by atoms with van der Waals surface area (Å²) in [5, 5.41) is 4.29. The first kappa shape index (κ1) is 10.4. The van der Waals surface area contributed by atoms with Crippen molar-refractivity contribution in [3.8, 4) is 0 Å². The monoisotopic (exact) mass is 218 g/mol. The number of benzene rings is 1. The molecule has 1 atom stereocenters. The van der Waals surface area contributed by atoms with E-state index >= 15 is 0 Å². The summed E-state index contributed by atoms with van der Waals surface area (Å²) < 4.78 is 0. The van der Waals surface area contributed by atoms with Crippen molar-refractivity contribution in [2.45, 2.75) is 13.0 Å². The molecule has 1 aromatic carbocycles. The molecule has 2 aromatic rings. The van der Waals surface area contributed by atoms with Crippen molar-refractivity contribution < 1.29 is 0 Å². The lowest BCUT2D eigenvalue weighted by atomic mass is 9.99. The first-order valence-electron chi connectivity index (χ1n) is 4.86. The first-order valence-corrected chi connectivity index (χ1v) is 5.81. The summed E-state index contributed by atoms with van der Waals surface area (Å²) in [5.74, 6) is 5.62. The van der Waals surface area contributed by atoms with E-state index in [1.54, 1.807) is 11.3 Å². The molecule has 0 spiro atoms. The summed E-state index contributed by atoms with van der Waals surface area (Å²) in [6.07, 6.45) is 0. The van der Waals surface area contributed by atoms with E-state index in [9.17, 15) is 0 Å². The number of aryl methyl sites for hydroxylation is 1. The molecule has 1 heterocycles. The van der Waals surface area contributed by atoms with Crippen LogP contribution >= 0.6 is 11.3 Å². The zero-order valence-electron chi connectivity index (χ0n) is 8.60. The van der Waals surface area contributed by atoms with Crippen LogP contribution in [0.1, 0.15) is 22.7 Å². The van der Waals surface area contributed by atoms with Crippen molar-refractivity contribution in [1.82, 2.24) is 5.43 Å². The molecule has 3 N–H and O–H groups in total. The Bertz CT molecular complexity index is 422. The molecule has 2 nitrogen and oxygen atoms in total. The highest BCUT2D eigenvalue weighted by Crippen LogP contribution is 2.26. The van der Waals surface area contributed by atoms with Crippen LogP contribution in [0.4, 0.5) is 0 Å². The highest BCUT2D eigenvalue weighted by atomic mass is 32.1. The summed E-state index contributed by atoms with van der Waals surface area (Å²) in [6.45, 7) is 2.11. The zero-order chi connectivity index (χ0) is 10.7. The first-order chi connectivity index (χ1) is 7.33. The lowest BCUT2D eigenvalue weighted by molar-refractivity contribution is 0.636.